The van der Waals surface area contributed by atoms with E-state index in [4.69, 9.17) is 9.84 Å². The number of halogens is 1. The Kier molecular flexibility index (Phi) is 11.1. The standard InChI is InChI=1S/C20H31N3O4.ClH/c1-3-23(14-20(25)26)18-8-10-22(11-9-18)13-19(24)21-12-16-6-4-5-7-17(16)15-27-2;/h4-7,18H,3,8-15H2,1-2H3,(H,21,24)(H,25,26);1H. The van der Waals surface area contributed by atoms with Gasteiger partial charge in [-0.1, -0.05) is 31.2 Å². The first kappa shape index (κ1) is 24.4. The van der Waals surface area contributed by atoms with Gasteiger partial charge < -0.3 is 15.2 Å². The van der Waals surface area contributed by atoms with Crippen molar-refractivity contribution < 1.29 is 19.4 Å². The van der Waals surface area contributed by atoms with E-state index in [-0.39, 0.29) is 30.9 Å². The zero-order valence-corrected chi connectivity index (χ0v) is 17.5. The van der Waals surface area contributed by atoms with Gasteiger partial charge in [-0.3, -0.25) is 19.4 Å². The molecule has 1 heterocycles. The average molecular weight is 414 g/mol. The van der Waals surface area contributed by atoms with Crippen molar-refractivity contribution in [1.29, 1.82) is 0 Å². The maximum atomic E-state index is 12.3. The molecular weight excluding hydrogens is 382 g/mol. The van der Waals surface area contributed by atoms with E-state index in [1.807, 2.05) is 36.1 Å². The van der Waals surface area contributed by atoms with Gasteiger partial charge in [0.1, 0.15) is 0 Å². The first-order valence-electron chi connectivity index (χ1n) is 9.54. The first-order valence-corrected chi connectivity index (χ1v) is 9.54. The van der Waals surface area contributed by atoms with Crippen LogP contribution in [0.4, 0.5) is 0 Å². The van der Waals surface area contributed by atoms with E-state index in [2.05, 4.69) is 10.2 Å². The number of ether oxygens (including phenoxy) is 1. The van der Waals surface area contributed by atoms with E-state index in [0.29, 0.717) is 19.7 Å². The topological polar surface area (TPSA) is 82.1 Å². The van der Waals surface area contributed by atoms with Gasteiger partial charge in [-0.05, 0) is 30.5 Å². The van der Waals surface area contributed by atoms with Crippen LogP contribution in [0.5, 0.6) is 0 Å². The van der Waals surface area contributed by atoms with E-state index in [1.165, 1.54) is 0 Å². The fourth-order valence-electron chi connectivity index (χ4n) is 3.59. The van der Waals surface area contributed by atoms with Crippen molar-refractivity contribution in [2.24, 2.45) is 0 Å². The first-order chi connectivity index (χ1) is 13.0. The van der Waals surface area contributed by atoms with E-state index >= 15 is 0 Å². The zero-order valence-electron chi connectivity index (χ0n) is 16.7. The highest BCUT2D eigenvalue weighted by Crippen LogP contribution is 2.16. The van der Waals surface area contributed by atoms with Crippen LogP contribution in [0, 0.1) is 0 Å². The molecule has 7 nitrogen and oxygen atoms in total. The third-order valence-electron chi connectivity index (χ3n) is 5.08. The minimum absolute atomic E-state index is 0. The predicted molar refractivity (Wildman–Crippen MR) is 111 cm³/mol. The normalized spacial score (nSPS) is 15.2. The molecular formula is C20H32ClN3O4. The number of likely N-dealkylation sites (N-methyl/N-ethyl adjacent to an activating group) is 1. The van der Waals surface area contributed by atoms with Gasteiger partial charge >= 0.3 is 5.97 Å². The summed E-state index contributed by atoms with van der Waals surface area (Å²) in [6.45, 7) is 5.85. The molecule has 0 saturated carbocycles. The lowest BCUT2D eigenvalue weighted by molar-refractivity contribution is -0.139. The molecule has 0 aromatic heterocycles. The lowest BCUT2D eigenvalue weighted by atomic mass is 10.0. The Labute approximate surface area is 173 Å². The Morgan fingerprint density at radius 1 is 1.25 bits per heavy atom. The van der Waals surface area contributed by atoms with Crippen LogP contribution in [0.3, 0.4) is 0 Å². The summed E-state index contributed by atoms with van der Waals surface area (Å²) in [5.74, 6) is -0.772. The largest absolute Gasteiger partial charge is 0.480 e. The average Bonchev–Trinajstić information content (AvgIpc) is 2.66. The zero-order chi connectivity index (χ0) is 19.6. The van der Waals surface area contributed by atoms with E-state index < -0.39 is 5.97 Å². The van der Waals surface area contributed by atoms with Crippen LogP contribution in [0.25, 0.3) is 0 Å². The Hall–Kier alpha value is -1.67. The van der Waals surface area contributed by atoms with Crippen molar-refractivity contribution in [2.45, 2.75) is 39.0 Å². The van der Waals surface area contributed by atoms with Gasteiger partial charge in [0.05, 0.1) is 19.7 Å². The molecule has 0 atom stereocenters. The molecule has 2 rings (SSSR count). The van der Waals surface area contributed by atoms with Crippen LogP contribution in [0.15, 0.2) is 24.3 Å². The van der Waals surface area contributed by atoms with E-state index in [1.54, 1.807) is 7.11 Å². The second-order valence-electron chi connectivity index (χ2n) is 6.94. The quantitative estimate of drug-likeness (QED) is 0.608. The summed E-state index contributed by atoms with van der Waals surface area (Å²) in [5.41, 5.74) is 2.15. The number of likely N-dealkylation sites (tertiary alicyclic amines) is 1. The van der Waals surface area contributed by atoms with Crippen molar-refractivity contribution in [3.8, 4) is 0 Å². The number of hydrogen-bond acceptors (Lipinski definition) is 5. The van der Waals surface area contributed by atoms with Crippen molar-refractivity contribution in [3.05, 3.63) is 35.4 Å². The Morgan fingerprint density at radius 2 is 1.89 bits per heavy atom. The molecule has 0 bridgehead atoms. The summed E-state index contributed by atoms with van der Waals surface area (Å²) in [5, 5.41) is 12.0. The van der Waals surface area contributed by atoms with Crippen LogP contribution in [0.1, 0.15) is 30.9 Å². The summed E-state index contributed by atoms with van der Waals surface area (Å²) < 4.78 is 5.20. The molecule has 0 unspecified atom stereocenters. The highest BCUT2D eigenvalue weighted by atomic mass is 35.5. The molecule has 1 saturated heterocycles. The number of hydrogen-bond donors (Lipinski definition) is 2. The molecule has 8 heteroatoms. The van der Waals surface area contributed by atoms with Crippen LogP contribution >= 0.6 is 12.4 Å². The predicted octanol–water partition coefficient (Wildman–Crippen LogP) is 1.74. The van der Waals surface area contributed by atoms with Gasteiger partial charge in [0.2, 0.25) is 5.91 Å². The number of amides is 1. The molecule has 0 radical (unpaired) electrons. The minimum atomic E-state index is -0.785. The SMILES string of the molecule is CCN(CC(=O)O)C1CCN(CC(=O)NCc2ccccc2COC)CC1.Cl. The maximum Gasteiger partial charge on any atom is 0.317 e. The fraction of sp³-hybridized carbons (Fsp3) is 0.600. The molecule has 0 spiro atoms. The van der Waals surface area contributed by atoms with Crippen molar-refractivity contribution in [2.75, 3.05) is 39.8 Å². The van der Waals surface area contributed by atoms with Crippen molar-refractivity contribution in [1.82, 2.24) is 15.1 Å². The third kappa shape index (κ3) is 7.75. The number of aliphatic carboxylic acids is 1. The number of carboxylic acid groups (broad SMARTS) is 1. The second kappa shape index (κ2) is 12.7. The molecule has 1 aromatic rings. The number of nitrogens with one attached hydrogen (secondary N) is 1. The number of methoxy groups -OCH3 is 1. The number of nitrogens with zero attached hydrogens (tertiary/aromatic N) is 2. The molecule has 28 heavy (non-hydrogen) atoms. The van der Waals surface area contributed by atoms with Gasteiger partial charge in [0, 0.05) is 32.8 Å². The molecule has 2 N–H and O–H groups in total. The van der Waals surface area contributed by atoms with E-state index in [9.17, 15) is 9.59 Å². The molecule has 1 aromatic carbocycles. The number of benzene rings is 1. The Bertz CT molecular complexity index is 621. The van der Waals surface area contributed by atoms with Crippen LogP contribution in [-0.4, -0.2) is 72.7 Å². The summed E-state index contributed by atoms with van der Waals surface area (Å²) in [4.78, 5) is 27.4. The fourth-order valence-corrected chi connectivity index (χ4v) is 3.59. The van der Waals surface area contributed by atoms with Crippen molar-refractivity contribution >= 4 is 24.3 Å². The van der Waals surface area contributed by atoms with Gasteiger partial charge in [-0.15, -0.1) is 12.4 Å². The molecule has 1 aliphatic heterocycles. The number of carboxylic acids is 1. The van der Waals surface area contributed by atoms with Crippen LogP contribution in [-0.2, 0) is 27.5 Å². The number of rotatable bonds is 10. The minimum Gasteiger partial charge on any atom is -0.480 e. The monoisotopic (exact) mass is 413 g/mol. The summed E-state index contributed by atoms with van der Waals surface area (Å²) in [6, 6.07) is 8.22. The second-order valence-corrected chi connectivity index (χ2v) is 6.94. The van der Waals surface area contributed by atoms with Gasteiger partial charge in [0.25, 0.3) is 0 Å². The van der Waals surface area contributed by atoms with Gasteiger partial charge in [-0.2, -0.15) is 0 Å². The van der Waals surface area contributed by atoms with Crippen LogP contribution < -0.4 is 5.32 Å². The van der Waals surface area contributed by atoms with Gasteiger partial charge in [0.15, 0.2) is 0 Å². The van der Waals surface area contributed by atoms with E-state index in [0.717, 1.165) is 43.6 Å². The highest BCUT2D eigenvalue weighted by Gasteiger charge is 2.25. The number of piperidine rings is 1. The lowest BCUT2D eigenvalue weighted by Gasteiger charge is -2.37. The maximum absolute atomic E-state index is 12.3. The highest BCUT2D eigenvalue weighted by molar-refractivity contribution is 5.85. The molecule has 1 aliphatic rings. The Morgan fingerprint density at radius 3 is 2.46 bits per heavy atom. The van der Waals surface area contributed by atoms with Crippen LogP contribution in [0.2, 0.25) is 0 Å². The summed E-state index contributed by atoms with van der Waals surface area (Å²) >= 11 is 0. The summed E-state index contributed by atoms with van der Waals surface area (Å²) in [7, 11) is 1.66. The molecule has 1 fully saturated rings. The number of carbonyl (C=O) groups excluding carboxylic acids is 1. The molecule has 1 amide bonds. The number of carbonyl (C=O) groups is 2. The Balaban J connectivity index is 0.00000392. The molecule has 0 aliphatic carbocycles. The summed E-state index contributed by atoms with van der Waals surface area (Å²) in [6.07, 6.45) is 1.79. The van der Waals surface area contributed by atoms with Crippen molar-refractivity contribution in [3.63, 3.8) is 0 Å². The third-order valence-corrected chi connectivity index (χ3v) is 5.08. The lowest BCUT2D eigenvalue weighted by Crippen LogP contribution is -2.48. The van der Waals surface area contributed by atoms with Gasteiger partial charge in [-0.25, -0.2) is 0 Å². The molecule has 158 valence electrons. The smallest absolute Gasteiger partial charge is 0.317 e.